The van der Waals surface area contributed by atoms with Crippen LogP contribution in [-0.2, 0) is 28.2 Å². The molecule has 3 N–H and O–H groups in total. The Morgan fingerprint density at radius 2 is 1.21 bits per heavy atom. The number of unbranched alkanes of at least 4 members (excludes halogenated alkanes) is 17. The lowest BCUT2D eigenvalue weighted by molar-refractivity contribution is -0.161. The van der Waals surface area contributed by atoms with E-state index in [4.69, 9.17) is 19.3 Å². The minimum Gasteiger partial charge on any atom is -0.462 e. The standard InChI is InChI=1S/C43H77O9P/c1-4-5-6-7-23-28-33-40(44)34-29-24-19-16-17-20-25-30-35-42(45)50-37-41(38-51-53(47,48)49)52-43(46)36-31-26-21-15-13-11-9-8-10-12-14-18-22-27-32-39(2)3/h17,19-20,23-24,28-29,34,39-41,44H,4-16,18,21-22,25-27,30-33,35-38H2,1-3H3,(H2,47,48,49)/b20-17-,24-19-,28-23-,34-29+/t40-,41-/m1/s1. The molecule has 0 aromatic heterocycles. The number of phosphoric ester groups is 1. The molecule has 0 aromatic carbocycles. The van der Waals surface area contributed by atoms with Crippen LogP contribution < -0.4 is 0 Å². The fraction of sp³-hybridized carbons (Fsp3) is 0.767. The summed E-state index contributed by atoms with van der Waals surface area (Å²) >= 11 is 0. The zero-order chi connectivity index (χ0) is 39.3. The Balaban J connectivity index is 4.07. The molecule has 0 bridgehead atoms. The zero-order valence-electron chi connectivity index (χ0n) is 33.7. The summed E-state index contributed by atoms with van der Waals surface area (Å²) in [6, 6.07) is 0. The highest BCUT2D eigenvalue weighted by atomic mass is 31.2. The van der Waals surface area contributed by atoms with E-state index in [-0.39, 0.29) is 19.4 Å². The SMILES string of the molecule is CCCCC/C=C\C[C@@H](O)/C=C/C=C\C/C=C\CCCC(=O)OC[C@H](COP(=O)(O)O)OC(=O)CCCCCCCCCCCCCCCCC(C)C. The molecule has 0 fully saturated rings. The number of allylic oxidation sites excluding steroid dienone is 6. The molecule has 0 radical (unpaired) electrons. The van der Waals surface area contributed by atoms with E-state index < -0.39 is 38.6 Å². The van der Waals surface area contributed by atoms with Crippen LogP contribution in [0.3, 0.4) is 0 Å². The van der Waals surface area contributed by atoms with Crippen LogP contribution in [0, 0.1) is 5.92 Å². The van der Waals surface area contributed by atoms with Crippen LogP contribution >= 0.6 is 7.82 Å². The quantitative estimate of drug-likeness (QED) is 0.0185. The predicted octanol–water partition coefficient (Wildman–Crippen LogP) is 11.6. The summed E-state index contributed by atoms with van der Waals surface area (Å²) in [5, 5.41) is 9.99. The van der Waals surface area contributed by atoms with Gasteiger partial charge in [-0.1, -0.05) is 172 Å². The number of hydrogen-bond acceptors (Lipinski definition) is 7. The second kappa shape index (κ2) is 36.9. The van der Waals surface area contributed by atoms with Crippen molar-refractivity contribution in [2.24, 2.45) is 5.92 Å². The molecular weight excluding hydrogens is 691 g/mol. The van der Waals surface area contributed by atoms with Gasteiger partial charge in [0.1, 0.15) is 6.61 Å². The second-order valence-electron chi connectivity index (χ2n) is 14.6. The molecule has 0 unspecified atom stereocenters. The van der Waals surface area contributed by atoms with Crippen molar-refractivity contribution in [2.45, 2.75) is 193 Å². The van der Waals surface area contributed by atoms with E-state index in [1.165, 1.54) is 89.9 Å². The number of aliphatic hydroxyl groups excluding tert-OH is 1. The van der Waals surface area contributed by atoms with Gasteiger partial charge in [-0.3, -0.25) is 14.1 Å². The molecule has 0 aliphatic rings. The molecule has 308 valence electrons. The lowest BCUT2D eigenvalue weighted by Gasteiger charge is -2.18. The molecule has 10 heteroatoms. The number of aliphatic hydroxyl groups is 1. The van der Waals surface area contributed by atoms with E-state index in [9.17, 15) is 19.3 Å². The third-order valence-corrected chi connectivity index (χ3v) is 9.34. The van der Waals surface area contributed by atoms with E-state index in [2.05, 4.69) is 31.4 Å². The number of ether oxygens (including phenoxy) is 2. The summed E-state index contributed by atoms with van der Waals surface area (Å²) in [5.41, 5.74) is 0. The number of carbonyl (C=O) groups is 2. The summed E-state index contributed by atoms with van der Waals surface area (Å²) in [5.74, 6) is -0.164. The molecule has 0 aromatic rings. The van der Waals surface area contributed by atoms with Gasteiger partial charge in [0.2, 0.25) is 0 Å². The molecule has 0 saturated heterocycles. The number of esters is 2. The first-order valence-corrected chi connectivity index (χ1v) is 22.4. The van der Waals surface area contributed by atoms with Crippen LogP contribution in [0.25, 0.3) is 0 Å². The Morgan fingerprint density at radius 3 is 1.81 bits per heavy atom. The van der Waals surface area contributed by atoms with Gasteiger partial charge in [0.25, 0.3) is 0 Å². The van der Waals surface area contributed by atoms with Crippen molar-refractivity contribution in [3.63, 3.8) is 0 Å². The van der Waals surface area contributed by atoms with Crippen molar-refractivity contribution < 1.29 is 43.0 Å². The van der Waals surface area contributed by atoms with Crippen LogP contribution in [0.4, 0.5) is 0 Å². The van der Waals surface area contributed by atoms with Crippen molar-refractivity contribution in [1.82, 2.24) is 0 Å². The maximum Gasteiger partial charge on any atom is 0.469 e. The van der Waals surface area contributed by atoms with E-state index in [0.29, 0.717) is 25.7 Å². The molecule has 0 spiro atoms. The zero-order valence-corrected chi connectivity index (χ0v) is 34.6. The van der Waals surface area contributed by atoms with Gasteiger partial charge < -0.3 is 24.4 Å². The molecule has 0 saturated carbocycles. The van der Waals surface area contributed by atoms with Crippen molar-refractivity contribution in [2.75, 3.05) is 13.2 Å². The Bertz CT molecular complexity index is 1030. The lowest BCUT2D eigenvalue weighted by Crippen LogP contribution is -2.29. The number of phosphoric acid groups is 1. The summed E-state index contributed by atoms with van der Waals surface area (Å²) in [4.78, 5) is 42.8. The summed E-state index contributed by atoms with van der Waals surface area (Å²) < 4.78 is 26.3. The molecule has 0 aliphatic heterocycles. The fourth-order valence-electron chi connectivity index (χ4n) is 5.69. The summed E-state index contributed by atoms with van der Waals surface area (Å²) in [6.45, 7) is 5.88. The average Bonchev–Trinajstić information content (AvgIpc) is 3.11. The molecule has 0 amide bonds. The van der Waals surface area contributed by atoms with Crippen molar-refractivity contribution in [3.05, 3.63) is 48.6 Å². The average molecular weight is 769 g/mol. The van der Waals surface area contributed by atoms with E-state index in [1.807, 2.05) is 36.5 Å². The summed E-state index contributed by atoms with van der Waals surface area (Å²) in [7, 11) is -4.78. The third-order valence-electron chi connectivity index (χ3n) is 8.86. The van der Waals surface area contributed by atoms with Crippen LogP contribution in [0.15, 0.2) is 48.6 Å². The molecule has 0 aliphatic carbocycles. The highest BCUT2D eigenvalue weighted by molar-refractivity contribution is 7.46. The van der Waals surface area contributed by atoms with Gasteiger partial charge in [0.05, 0.1) is 12.7 Å². The Labute approximate surface area is 323 Å². The topological polar surface area (TPSA) is 140 Å². The van der Waals surface area contributed by atoms with E-state index in [0.717, 1.165) is 38.0 Å². The van der Waals surface area contributed by atoms with Crippen LogP contribution in [0.5, 0.6) is 0 Å². The lowest BCUT2D eigenvalue weighted by atomic mass is 10.0. The monoisotopic (exact) mass is 769 g/mol. The highest BCUT2D eigenvalue weighted by Crippen LogP contribution is 2.36. The van der Waals surface area contributed by atoms with Crippen LogP contribution in [0.1, 0.15) is 181 Å². The first-order valence-electron chi connectivity index (χ1n) is 20.9. The third kappa shape index (κ3) is 41.0. The molecule has 9 nitrogen and oxygen atoms in total. The maximum absolute atomic E-state index is 12.4. The van der Waals surface area contributed by atoms with Gasteiger partial charge in [0.15, 0.2) is 6.10 Å². The predicted molar refractivity (Wildman–Crippen MR) is 217 cm³/mol. The summed E-state index contributed by atoms with van der Waals surface area (Å²) in [6.07, 6.45) is 40.1. The molecule has 0 rings (SSSR count). The molecule has 53 heavy (non-hydrogen) atoms. The maximum atomic E-state index is 12.4. The van der Waals surface area contributed by atoms with Gasteiger partial charge in [-0.05, 0) is 50.9 Å². The normalized spacial score (nSPS) is 13.6. The Morgan fingerprint density at radius 1 is 0.642 bits per heavy atom. The van der Waals surface area contributed by atoms with Gasteiger partial charge in [-0.15, -0.1) is 0 Å². The largest absolute Gasteiger partial charge is 0.469 e. The molecular formula is C43H77O9P. The van der Waals surface area contributed by atoms with Crippen LogP contribution in [0.2, 0.25) is 0 Å². The van der Waals surface area contributed by atoms with Gasteiger partial charge >= 0.3 is 19.8 Å². The van der Waals surface area contributed by atoms with Gasteiger partial charge in [0, 0.05) is 12.8 Å². The Kier molecular flexibility index (Phi) is 35.5. The first kappa shape index (κ1) is 51.0. The van der Waals surface area contributed by atoms with E-state index in [1.54, 1.807) is 6.08 Å². The minimum atomic E-state index is -4.78. The minimum absolute atomic E-state index is 0.159. The first-order chi connectivity index (χ1) is 25.5. The molecule has 0 heterocycles. The smallest absolute Gasteiger partial charge is 0.462 e. The Hall–Kier alpha value is -2.03. The number of carbonyl (C=O) groups excluding carboxylic acids is 2. The number of rotatable bonds is 37. The van der Waals surface area contributed by atoms with Crippen molar-refractivity contribution in [1.29, 1.82) is 0 Å². The molecule has 2 atom stereocenters. The van der Waals surface area contributed by atoms with E-state index >= 15 is 0 Å². The van der Waals surface area contributed by atoms with Gasteiger partial charge in [-0.25, -0.2) is 4.57 Å². The number of hydrogen-bond donors (Lipinski definition) is 3. The van der Waals surface area contributed by atoms with Crippen LogP contribution in [-0.4, -0.2) is 52.3 Å². The fourth-order valence-corrected chi connectivity index (χ4v) is 6.05. The van der Waals surface area contributed by atoms with Crippen molar-refractivity contribution in [3.8, 4) is 0 Å². The van der Waals surface area contributed by atoms with Gasteiger partial charge in [-0.2, -0.15) is 0 Å². The van der Waals surface area contributed by atoms with Crippen molar-refractivity contribution >= 4 is 19.8 Å². The highest BCUT2D eigenvalue weighted by Gasteiger charge is 2.22. The second-order valence-corrected chi connectivity index (χ2v) is 15.9.